The summed E-state index contributed by atoms with van der Waals surface area (Å²) in [6.07, 6.45) is 0. The lowest BCUT2D eigenvalue weighted by molar-refractivity contribution is 0.0618. The molecule has 126 valence electrons. The number of nitrogens with two attached hydrogens (primary N) is 1. The van der Waals surface area contributed by atoms with Gasteiger partial charge in [0, 0.05) is 11.1 Å². The van der Waals surface area contributed by atoms with Gasteiger partial charge in [0.1, 0.15) is 0 Å². The van der Waals surface area contributed by atoms with Gasteiger partial charge >= 0.3 is 0 Å². The number of imide groups is 1. The van der Waals surface area contributed by atoms with Crippen LogP contribution in [0.1, 0.15) is 20.7 Å². The zero-order valence-electron chi connectivity index (χ0n) is 13.9. The van der Waals surface area contributed by atoms with E-state index < -0.39 is 11.8 Å². The third-order valence-corrected chi connectivity index (χ3v) is 4.48. The predicted octanol–water partition coefficient (Wildman–Crippen LogP) is 4.15. The molecular formula is C22H16N2O2. The van der Waals surface area contributed by atoms with Gasteiger partial charge < -0.3 is 0 Å². The van der Waals surface area contributed by atoms with Crippen molar-refractivity contribution in [2.75, 3.05) is 0 Å². The normalized spacial score (nSPS) is 10.8. The van der Waals surface area contributed by atoms with Gasteiger partial charge in [-0.05, 0) is 33.7 Å². The molecule has 0 aliphatic rings. The third kappa shape index (κ3) is 2.62. The summed E-state index contributed by atoms with van der Waals surface area (Å²) in [6.45, 7) is 0. The Morgan fingerprint density at radius 2 is 0.962 bits per heavy atom. The van der Waals surface area contributed by atoms with Crippen molar-refractivity contribution in [1.82, 2.24) is 5.01 Å². The number of hydrazine groups is 1. The molecule has 4 rings (SSSR count). The van der Waals surface area contributed by atoms with Crippen molar-refractivity contribution in [2.45, 2.75) is 0 Å². The van der Waals surface area contributed by atoms with E-state index in [9.17, 15) is 9.59 Å². The molecule has 0 saturated carbocycles. The number of nitrogens with zero attached hydrogens (tertiary/aromatic N) is 1. The zero-order chi connectivity index (χ0) is 18.1. The highest BCUT2D eigenvalue weighted by Gasteiger charge is 2.23. The highest BCUT2D eigenvalue weighted by atomic mass is 16.2. The van der Waals surface area contributed by atoms with Crippen molar-refractivity contribution >= 4 is 33.4 Å². The lowest BCUT2D eigenvalue weighted by atomic mass is 10.0. The molecule has 0 aromatic heterocycles. The second kappa shape index (κ2) is 6.43. The number of benzene rings is 4. The molecule has 4 nitrogen and oxygen atoms in total. The lowest BCUT2D eigenvalue weighted by Crippen LogP contribution is -2.42. The van der Waals surface area contributed by atoms with Crippen LogP contribution in [0.25, 0.3) is 21.5 Å². The van der Waals surface area contributed by atoms with E-state index >= 15 is 0 Å². The van der Waals surface area contributed by atoms with Gasteiger partial charge in [-0.25, -0.2) is 10.9 Å². The summed E-state index contributed by atoms with van der Waals surface area (Å²) in [5.74, 6) is 4.89. The molecule has 0 bridgehead atoms. The molecule has 2 N–H and O–H groups in total. The molecule has 0 unspecified atom stereocenters. The minimum atomic E-state index is -0.528. The van der Waals surface area contributed by atoms with Crippen LogP contribution in [0.15, 0.2) is 84.9 Å². The van der Waals surface area contributed by atoms with E-state index in [1.165, 1.54) is 0 Å². The van der Waals surface area contributed by atoms with E-state index in [4.69, 9.17) is 5.84 Å². The first-order chi connectivity index (χ1) is 12.7. The van der Waals surface area contributed by atoms with Gasteiger partial charge in [-0.1, -0.05) is 72.8 Å². The molecule has 0 atom stereocenters. The van der Waals surface area contributed by atoms with E-state index in [1.54, 1.807) is 24.3 Å². The van der Waals surface area contributed by atoms with Gasteiger partial charge in [-0.2, -0.15) is 0 Å². The van der Waals surface area contributed by atoms with Crippen molar-refractivity contribution in [3.05, 3.63) is 96.1 Å². The molecule has 0 saturated heterocycles. The first kappa shape index (κ1) is 16.0. The van der Waals surface area contributed by atoms with Crippen LogP contribution in [0, 0.1) is 0 Å². The predicted molar refractivity (Wildman–Crippen MR) is 103 cm³/mol. The third-order valence-electron chi connectivity index (χ3n) is 4.48. The number of amides is 2. The highest BCUT2D eigenvalue weighted by molar-refractivity contribution is 6.17. The maximum Gasteiger partial charge on any atom is 0.275 e. The topological polar surface area (TPSA) is 63.4 Å². The Morgan fingerprint density at radius 3 is 1.42 bits per heavy atom. The van der Waals surface area contributed by atoms with Gasteiger partial charge in [-0.15, -0.1) is 0 Å². The molecular weight excluding hydrogens is 324 g/mol. The van der Waals surface area contributed by atoms with Gasteiger partial charge in [-0.3, -0.25) is 9.59 Å². The maximum absolute atomic E-state index is 12.9. The molecule has 0 radical (unpaired) electrons. The Bertz CT molecular complexity index is 1050. The van der Waals surface area contributed by atoms with Crippen LogP contribution in [-0.2, 0) is 0 Å². The maximum atomic E-state index is 12.9. The van der Waals surface area contributed by atoms with E-state index in [0.29, 0.717) is 16.1 Å². The summed E-state index contributed by atoms with van der Waals surface area (Å²) in [7, 11) is 0. The minimum Gasteiger partial charge on any atom is -0.267 e. The van der Waals surface area contributed by atoms with E-state index in [1.807, 2.05) is 60.7 Å². The largest absolute Gasteiger partial charge is 0.275 e. The van der Waals surface area contributed by atoms with Crippen molar-refractivity contribution in [2.24, 2.45) is 5.84 Å². The van der Waals surface area contributed by atoms with Gasteiger partial charge in [0.25, 0.3) is 11.8 Å². The van der Waals surface area contributed by atoms with Gasteiger partial charge in [0.05, 0.1) is 0 Å². The van der Waals surface area contributed by atoms with E-state index in [-0.39, 0.29) is 0 Å². The second-order valence-corrected chi connectivity index (χ2v) is 6.03. The fourth-order valence-corrected chi connectivity index (χ4v) is 3.18. The Balaban J connectivity index is 1.75. The molecule has 0 aliphatic carbocycles. The van der Waals surface area contributed by atoms with Crippen molar-refractivity contribution in [1.29, 1.82) is 0 Å². The monoisotopic (exact) mass is 340 g/mol. The summed E-state index contributed by atoms with van der Waals surface area (Å²) in [5.41, 5.74) is 0.804. The minimum absolute atomic E-state index is 0.402. The molecule has 4 aromatic rings. The fourth-order valence-electron chi connectivity index (χ4n) is 3.18. The summed E-state index contributed by atoms with van der Waals surface area (Å²) in [5, 5.41) is 4.07. The Kier molecular flexibility index (Phi) is 3.95. The van der Waals surface area contributed by atoms with E-state index in [2.05, 4.69) is 0 Å². The molecule has 0 spiro atoms. The number of carbonyl (C=O) groups excluding carboxylic acids is 2. The molecule has 0 fully saturated rings. The number of hydrogen-bond acceptors (Lipinski definition) is 3. The summed E-state index contributed by atoms with van der Waals surface area (Å²) in [4.78, 5) is 25.8. The summed E-state index contributed by atoms with van der Waals surface area (Å²) >= 11 is 0. The second-order valence-electron chi connectivity index (χ2n) is 6.03. The smallest absolute Gasteiger partial charge is 0.267 e. The first-order valence-corrected chi connectivity index (χ1v) is 8.26. The van der Waals surface area contributed by atoms with Gasteiger partial charge in [0.15, 0.2) is 0 Å². The quantitative estimate of drug-likeness (QED) is 0.258. The molecule has 2 amide bonds. The number of hydrogen-bond donors (Lipinski definition) is 1. The number of fused-ring (bicyclic) bond motifs is 2. The molecule has 26 heavy (non-hydrogen) atoms. The molecule has 0 aliphatic heterocycles. The molecule has 4 aromatic carbocycles. The zero-order valence-corrected chi connectivity index (χ0v) is 13.9. The Hall–Kier alpha value is -3.50. The summed E-state index contributed by atoms with van der Waals surface area (Å²) < 4.78 is 0. The van der Waals surface area contributed by atoms with Crippen molar-refractivity contribution in [3.8, 4) is 0 Å². The van der Waals surface area contributed by atoms with Crippen LogP contribution < -0.4 is 5.84 Å². The first-order valence-electron chi connectivity index (χ1n) is 8.26. The van der Waals surface area contributed by atoms with Gasteiger partial charge in [0.2, 0.25) is 0 Å². The van der Waals surface area contributed by atoms with Crippen LogP contribution in [0.5, 0.6) is 0 Å². The highest BCUT2D eigenvalue weighted by Crippen LogP contribution is 2.22. The van der Waals surface area contributed by atoms with Crippen LogP contribution in [0.2, 0.25) is 0 Å². The Morgan fingerprint density at radius 1 is 0.577 bits per heavy atom. The van der Waals surface area contributed by atoms with Crippen LogP contribution in [0.4, 0.5) is 0 Å². The number of carbonyl (C=O) groups is 2. The van der Waals surface area contributed by atoms with Crippen molar-refractivity contribution in [3.63, 3.8) is 0 Å². The standard InChI is InChI=1S/C22H16N2O2/c23-24(21(25)19-13-5-9-15-7-1-3-11-17(15)19)22(26)20-14-6-10-16-8-2-4-12-18(16)20/h1-14H,23H2. The van der Waals surface area contributed by atoms with Crippen LogP contribution >= 0.6 is 0 Å². The lowest BCUT2D eigenvalue weighted by Gasteiger charge is -2.17. The SMILES string of the molecule is NN(C(=O)c1cccc2ccccc12)C(=O)c1cccc2ccccc12. The van der Waals surface area contributed by atoms with Crippen LogP contribution in [-0.4, -0.2) is 16.8 Å². The fraction of sp³-hybridized carbons (Fsp3) is 0. The molecule has 4 heteroatoms. The van der Waals surface area contributed by atoms with Crippen molar-refractivity contribution < 1.29 is 9.59 Å². The summed E-state index contributed by atoms with van der Waals surface area (Å²) in [6, 6.07) is 25.8. The van der Waals surface area contributed by atoms with E-state index in [0.717, 1.165) is 21.5 Å². The average Bonchev–Trinajstić information content (AvgIpc) is 2.71. The number of rotatable bonds is 2. The Labute approximate surface area is 150 Å². The van der Waals surface area contributed by atoms with Crippen LogP contribution in [0.3, 0.4) is 0 Å². The molecule has 0 heterocycles. The average molecular weight is 340 g/mol.